The number of phenolic OH excluding ortho intramolecular Hbond substituents is 1. The van der Waals surface area contributed by atoms with E-state index in [0.29, 0.717) is 31.4 Å². The lowest BCUT2D eigenvalue weighted by Crippen LogP contribution is -2.78. The molecule has 1 saturated heterocycles. The molecule has 2 aromatic rings. The standard InChI is InChI=1S/C29H35N3O4/c1-31(24(34)9-6-18-3-2-13-30-16-18)21-10-11-29(35)23-15-20-7-8-22(33)26-25(20)28(29,27(21)36-26)12-14-32(23)17-19-4-5-19/h2-3,7-8,13,16,19,21,23,27,33,35H,4-6,9-12,14-15,17H2,1H3/t21?,23-,27?,28+,29-/m1/s1. The summed E-state index contributed by atoms with van der Waals surface area (Å²) in [6, 6.07) is 7.56. The van der Waals surface area contributed by atoms with Gasteiger partial charge in [0.25, 0.3) is 0 Å². The number of amides is 1. The summed E-state index contributed by atoms with van der Waals surface area (Å²) in [5, 5.41) is 23.4. The molecule has 3 aliphatic carbocycles. The smallest absolute Gasteiger partial charge is 0.223 e. The predicted octanol–water partition coefficient (Wildman–Crippen LogP) is 2.81. The summed E-state index contributed by atoms with van der Waals surface area (Å²) in [7, 11) is 1.88. The number of carbonyl (C=O) groups is 1. The lowest BCUT2D eigenvalue weighted by Gasteiger charge is -2.64. The largest absolute Gasteiger partial charge is 0.504 e. The van der Waals surface area contributed by atoms with Gasteiger partial charge in [0.1, 0.15) is 6.10 Å². The lowest BCUT2D eigenvalue weighted by atomic mass is 9.48. The van der Waals surface area contributed by atoms with E-state index >= 15 is 0 Å². The third kappa shape index (κ3) is 3.05. The molecule has 2 aliphatic heterocycles. The molecule has 7 rings (SSSR count). The predicted molar refractivity (Wildman–Crippen MR) is 134 cm³/mol. The zero-order valence-electron chi connectivity index (χ0n) is 20.9. The van der Waals surface area contributed by atoms with Crippen LogP contribution in [0.1, 0.15) is 55.2 Å². The molecule has 3 heterocycles. The van der Waals surface area contributed by atoms with Gasteiger partial charge in [-0.2, -0.15) is 0 Å². The van der Waals surface area contributed by atoms with Gasteiger partial charge < -0.3 is 19.8 Å². The van der Waals surface area contributed by atoms with Crippen molar-refractivity contribution < 1.29 is 19.7 Å². The van der Waals surface area contributed by atoms with Crippen LogP contribution >= 0.6 is 0 Å². The number of benzene rings is 1. The fourth-order valence-corrected chi connectivity index (χ4v) is 8.01. The number of nitrogens with zero attached hydrogens (tertiary/aromatic N) is 3. The Morgan fingerprint density at radius 2 is 2.11 bits per heavy atom. The van der Waals surface area contributed by atoms with Gasteiger partial charge in [0.05, 0.1) is 17.1 Å². The van der Waals surface area contributed by atoms with E-state index < -0.39 is 11.0 Å². The maximum atomic E-state index is 13.4. The molecule has 1 aromatic heterocycles. The third-order valence-electron chi connectivity index (χ3n) is 9.97. The van der Waals surface area contributed by atoms with Crippen molar-refractivity contribution >= 4 is 5.91 Å². The van der Waals surface area contributed by atoms with Crippen molar-refractivity contribution in [2.75, 3.05) is 20.1 Å². The fraction of sp³-hybridized carbons (Fsp3) is 0.586. The van der Waals surface area contributed by atoms with Gasteiger partial charge in [-0.1, -0.05) is 12.1 Å². The second kappa shape index (κ2) is 7.93. The number of hydrogen-bond donors (Lipinski definition) is 2. The number of piperidine rings is 1. The maximum absolute atomic E-state index is 13.4. The first-order chi connectivity index (χ1) is 17.4. The number of aromatic nitrogens is 1. The molecule has 36 heavy (non-hydrogen) atoms. The lowest BCUT2D eigenvalue weighted by molar-refractivity contribution is -0.200. The molecule has 2 bridgehead atoms. The van der Waals surface area contributed by atoms with Crippen molar-refractivity contribution in [3.8, 4) is 11.5 Å². The zero-order valence-corrected chi connectivity index (χ0v) is 20.9. The van der Waals surface area contributed by atoms with Crippen LogP contribution in [0.15, 0.2) is 36.7 Å². The van der Waals surface area contributed by atoms with E-state index in [-0.39, 0.29) is 29.8 Å². The first kappa shape index (κ1) is 22.5. The van der Waals surface area contributed by atoms with Crippen molar-refractivity contribution in [3.63, 3.8) is 0 Å². The van der Waals surface area contributed by atoms with E-state index in [0.717, 1.165) is 43.0 Å². The number of hydrogen-bond acceptors (Lipinski definition) is 6. The summed E-state index contributed by atoms with van der Waals surface area (Å²) in [4.78, 5) is 21.9. The first-order valence-corrected chi connectivity index (χ1v) is 13.6. The van der Waals surface area contributed by atoms with Gasteiger partial charge in [0.15, 0.2) is 11.5 Å². The van der Waals surface area contributed by atoms with Crippen molar-refractivity contribution in [2.24, 2.45) is 5.92 Å². The highest BCUT2D eigenvalue weighted by molar-refractivity contribution is 5.77. The summed E-state index contributed by atoms with van der Waals surface area (Å²) in [5.41, 5.74) is 1.73. The number of rotatable bonds is 6. The van der Waals surface area contributed by atoms with Gasteiger partial charge in [0, 0.05) is 44.0 Å². The second-order valence-corrected chi connectivity index (χ2v) is 11.8. The van der Waals surface area contributed by atoms with Gasteiger partial charge >= 0.3 is 0 Å². The second-order valence-electron chi connectivity index (χ2n) is 11.8. The Kier molecular flexibility index (Phi) is 4.97. The summed E-state index contributed by atoms with van der Waals surface area (Å²) < 4.78 is 6.62. The molecule has 0 radical (unpaired) electrons. The quantitative estimate of drug-likeness (QED) is 0.649. The minimum absolute atomic E-state index is 0.0495. The molecule has 5 aliphatic rings. The fourth-order valence-electron chi connectivity index (χ4n) is 8.01. The topological polar surface area (TPSA) is 86.1 Å². The van der Waals surface area contributed by atoms with Crippen molar-refractivity contribution in [3.05, 3.63) is 53.3 Å². The van der Waals surface area contributed by atoms with E-state index in [1.165, 1.54) is 18.4 Å². The Labute approximate surface area is 212 Å². The van der Waals surface area contributed by atoms with Crippen LogP contribution in [0.2, 0.25) is 0 Å². The molecule has 5 atom stereocenters. The normalized spacial score (nSPS) is 34.1. The van der Waals surface area contributed by atoms with Gasteiger partial charge in [-0.15, -0.1) is 0 Å². The van der Waals surface area contributed by atoms with Crippen LogP contribution in [0.25, 0.3) is 0 Å². The van der Waals surface area contributed by atoms with E-state index in [9.17, 15) is 15.0 Å². The number of ether oxygens (including phenoxy) is 1. The van der Waals surface area contributed by atoms with Gasteiger partial charge in [-0.3, -0.25) is 14.7 Å². The molecule has 2 unspecified atom stereocenters. The number of phenols is 1. The highest BCUT2D eigenvalue weighted by Gasteiger charge is 2.73. The molecule has 2 N–H and O–H groups in total. The van der Waals surface area contributed by atoms with E-state index in [1.807, 2.05) is 36.3 Å². The summed E-state index contributed by atoms with van der Waals surface area (Å²) in [6.07, 6.45) is 9.73. The van der Waals surface area contributed by atoms with Crippen LogP contribution in [0, 0.1) is 5.92 Å². The number of pyridine rings is 1. The van der Waals surface area contributed by atoms with Gasteiger partial charge in [-0.25, -0.2) is 0 Å². The Morgan fingerprint density at radius 3 is 2.89 bits per heavy atom. The summed E-state index contributed by atoms with van der Waals surface area (Å²) >= 11 is 0. The Bertz CT molecular complexity index is 1200. The third-order valence-corrected chi connectivity index (χ3v) is 9.97. The molecule has 3 fully saturated rings. The number of aromatic hydroxyl groups is 1. The molecule has 1 spiro atoms. The monoisotopic (exact) mass is 489 g/mol. The van der Waals surface area contributed by atoms with Gasteiger partial charge in [0.2, 0.25) is 5.91 Å². The molecule has 7 nitrogen and oxygen atoms in total. The van der Waals surface area contributed by atoms with Crippen LogP contribution < -0.4 is 4.74 Å². The maximum Gasteiger partial charge on any atom is 0.223 e. The summed E-state index contributed by atoms with van der Waals surface area (Å²) in [6.45, 7) is 1.98. The molecule has 1 aromatic carbocycles. The minimum atomic E-state index is -0.924. The molecular weight excluding hydrogens is 454 g/mol. The molecule has 2 saturated carbocycles. The van der Waals surface area contributed by atoms with E-state index in [4.69, 9.17) is 4.74 Å². The van der Waals surface area contributed by atoms with Crippen LogP contribution in [0.5, 0.6) is 11.5 Å². The van der Waals surface area contributed by atoms with Crippen molar-refractivity contribution in [2.45, 2.75) is 80.6 Å². The Hall–Kier alpha value is -2.64. The average molecular weight is 490 g/mol. The Morgan fingerprint density at radius 1 is 1.25 bits per heavy atom. The van der Waals surface area contributed by atoms with E-state index in [1.54, 1.807) is 12.3 Å². The van der Waals surface area contributed by atoms with Crippen LogP contribution in [-0.2, 0) is 23.1 Å². The highest BCUT2D eigenvalue weighted by atomic mass is 16.5. The van der Waals surface area contributed by atoms with Crippen molar-refractivity contribution in [1.29, 1.82) is 0 Å². The molecule has 190 valence electrons. The minimum Gasteiger partial charge on any atom is -0.504 e. The van der Waals surface area contributed by atoms with Crippen LogP contribution in [-0.4, -0.2) is 74.8 Å². The summed E-state index contributed by atoms with van der Waals surface area (Å²) in [5.74, 6) is 1.51. The van der Waals surface area contributed by atoms with Crippen LogP contribution in [0.3, 0.4) is 0 Å². The highest BCUT2D eigenvalue weighted by Crippen LogP contribution is 2.66. The Balaban J connectivity index is 1.23. The zero-order chi connectivity index (χ0) is 24.7. The SMILES string of the molecule is CN(C(=O)CCc1cccnc1)C1CC[C@@]2(O)[C@H]3Cc4ccc(O)c5c4[C@@]2(CCN3CC2CC2)C1O5. The average Bonchev–Trinajstić information content (AvgIpc) is 3.63. The number of likely N-dealkylation sites (tertiary alicyclic amines) is 1. The van der Waals surface area contributed by atoms with Crippen LogP contribution in [0.4, 0.5) is 0 Å². The number of carbonyl (C=O) groups excluding carboxylic acids is 1. The number of aliphatic hydroxyl groups is 1. The molecule has 7 heteroatoms. The first-order valence-electron chi connectivity index (χ1n) is 13.6. The van der Waals surface area contributed by atoms with E-state index in [2.05, 4.69) is 9.88 Å². The molecule has 1 amide bonds. The number of aryl methyl sites for hydroxylation is 1. The van der Waals surface area contributed by atoms with Crippen molar-refractivity contribution in [1.82, 2.24) is 14.8 Å². The number of likely N-dealkylation sites (N-methyl/N-ethyl adjacent to an activating group) is 1. The molecular formula is C29H35N3O4. The van der Waals surface area contributed by atoms with Gasteiger partial charge in [-0.05, 0) is 80.7 Å².